The van der Waals surface area contributed by atoms with Crippen molar-refractivity contribution in [3.8, 4) is 0 Å². The van der Waals surface area contributed by atoms with Gasteiger partial charge in [0.05, 0.1) is 0 Å². The summed E-state index contributed by atoms with van der Waals surface area (Å²) in [5.74, 6) is 1.19. The van der Waals surface area contributed by atoms with Crippen LogP contribution >= 0.6 is 29.4 Å². The molecule has 0 aromatic heterocycles. The monoisotopic (exact) mass is 446 g/mol. The summed E-state index contributed by atoms with van der Waals surface area (Å²) in [6.07, 6.45) is 20.8. The van der Waals surface area contributed by atoms with E-state index in [0.717, 1.165) is 6.42 Å². The molecule has 0 heterocycles. The van der Waals surface area contributed by atoms with Crippen molar-refractivity contribution in [2.75, 3.05) is 5.75 Å². The largest absolute Gasteiger partial charge is 0.466 e. The molecular weight excluding hydrogens is 403 g/mol. The lowest BCUT2D eigenvalue weighted by molar-refractivity contribution is 0.261. The van der Waals surface area contributed by atoms with Crippen LogP contribution in [-0.4, -0.2) is 31.0 Å². The molecule has 0 aromatic carbocycles. The third-order valence-corrected chi connectivity index (χ3v) is 6.83. The smallest absolute Gasteiger partial charge is 0.382 e. The molecule has 0 aliphatic rings. The van der Waals surface area contributed by atoms with Crippen LogP contribution in [0.25, 0.3) is 0 Å². The topological polar surface area (TPSA) is 98.0 Å². The van der Waals surface area contributed by atoms with Gasteiger partial charge in [-0.1, -0.05) is 119 Å². The molecule has 0 saturated heterocycles. The molecule has 0 spiro atoms. The maximum atomic E-state index is 9.42. The van der Waals surface area contributed by atoms with Gasteiger partial charge in [-0.25, -0.2) is 4.57 Å². The van der Waals surface area contributed by atoms with E-state index >= 15 is 0 Å². The standard InChI is InChI=1S/C19H40OS2.H3O4P/c1-3-5-6-7-8-9-10-11-12-13-14-15-16-17-18-21-22-19(20)4-2;1-5(2,3)4/h19-20H,3-18H2,1-2H3;(H3,1,2,3,4). The molecule has 1 unspecified atom stereocenters. The van der Waals surface area contributed by atoms with Gasteiger partial charge in [0.2, 0.25) is 0 Å². The van der Waals surface area contributed by atoms with Crippen LogP contribution < -0.4 is 0 Å². The second kappa shape index (κ2) is 23.1. The van der Waals surface area contributed by atoms with Gasteiger partial charge in [-0.05, 0) is 12.8 Å². The maximum Gasteiger partial charge on any atom is 0.466 e. The summed E-state index contributed by atoms with van der Waals surface area (Å²) >= 11 is 0. The molecule has 0 aromatic rings. The number of unbranched alkanes of at least 4 members (excludes halogenated alkanes) is 13. The Morgan fingerprint density at radius 3 is 1.37 bits per heavy atom. The van der Waals surface area contributed by atoms with Gasteiger partial charge in [0, 0.05) is 5.75 Å². The van der Waals surface area contributed by atoms with E-state index < -0.39 is 7.82 Å². The Morgan fingerprint density at radius 2 is 1.04 bits per heavy atom. The highest BCUT2D eigenvalue weighted by Crippen LogP contribution is 2.28. The molecule has 1 atom stereocenters. The number of hydrogen-bond acceptors (Lipinski definition) is 4. The van der Waals surface area contributed by atoms with Gasteiger partial charge in [-0.2, -0.15) is 0 Å². The molecule has 8 heteroatoms. The van der Waals surface area contributed by atoms with Crippen LogP contribution in [-0.2, 0) is 4.57 Å². The van der Waals surface area contributed by atoms with Gasteiger partial charge < -0.3 is 19.8 Å². The Morgan fingerprint density at radius 1 is 0.704 bits per heavy atom. The highest BCUT2D eigenvalue weighted by atomic mass is 33.1. The Kier molecular flexibility index (Phi) is 25.6. The average molecular weight is 447 g/mol. The molecular formula is C19H43O5PS2. The molecule has 0 radical (unpaired) electrons. The molecule has 166 valence electrons. The molecule has 0 bridgehead atoms. The van der Waals surface area contributed by atoms with Gasteiger partial charge in [0.15, 0.2) is 0 Å². The lowest BCUT2D eigenvalue weighted by atomic mass is 10.0. The van der Waals surface area contributed by atoms with Crippen LogP contribution in [0, 0.1) is 0 Å². The molecule has 0 fully saturated rings. The van der Waals surface area contributed by atoms with Gasteiger partial charge in [0.25, 0.3) is 0 Å². The lowest BCUT2D eigenvalue weighted by Crippen LogP contribution is -1.94. The average Bonchev–Trinajstić information content (AvgIpc) is 2.59. The molecule has 5 nitrogen and oxygen atoms in total. The van der Waals surface area contributed by atoms with E-state index in [2.05, 4.69) is 6.92 Å². The van der Waals surface area contributed by atoms with Crippen molar-refractivity contribution in [1.82, 2.24) is 0 Å². The quantitative estimate of drug-likeness (QED) is 0.0809. The minimum absolute atomic E-state index is 0.170. The fourth-order valence-corrected chi connectivity index (χ4v) is 4.78. The highest BCUT2D eigenvalue weighted by Gasteiger charge is 2.01. The molecule has 0 amide bonds. The van der Waals surface area contributed by atoms with Crippen molar-refractivity contribution in [2.24, 2.45) is 0 Å². The fourth-order valence-electron chi connectivity index (χ4n) is 2.55. The van der Waals surface area contributed by atoms with Crippen molar-refractivity contribution in [3.63, 3.8) is 0 Å². The minimum Gasteiger partial charge on any atom is -0.382 e. The third-order valence-electron chi connectivity index (χ3n) is 4.11. The van der Waals surface area contributed by atoms with Crippen LogP contribution in [0.5, 0.6) is 0 Å². The first-order chi connectivity index (χ1) is 12.8. The van der Waals surface area contributed by atoms with Gasteiger partial charge >= 0.3 is 7.82 Å². The number of phosphoric acid groups is 1. The van der Waals surface area contributed by atoms with Crippen LogP contribution in [0.15, 0.2) is 0 Å². The second-order valence-corrected chi connectivity index (χ2v) is 10.6. The summed E-state index contributed by atoms with van der Waals surface area (Å²) in [6.45, 7) is 4.32. The predicted octanol–water partition coefficient (Wildman–Crippen LogP) is 6.65. The summed E-state index contributed by atoms with van der Waals surface area (Å²) in [7, 11) is -1.17. The summed E-state index contributed by atoms with van der Waals surface area (Å²) in [5, 5.41) is 9.42. The van der Waals surface area contributed by atoms with Crippen LogP contribution in [0.2, 0.25) is 0 Å². The molecule has 27 heavy (non-hydrogen) atoms. The number of rotatable bonds is 18. The van der Waals surface area contributed by atoms with Crippen molar-refractivity contribution < 1.29 is 24.4 Å². The van der Waals surface area contributed by atoms with Crippen molar-refractivity contribution >= 4 is 29.4 Å². The van der Waals surface area contributed by atoms with Gasteiger partial charge in [-0.15, -0.1) is 0 Å². The number of hydrogen-bond donors (Lipinski definition) is 4. The van der Waals surface area contributed by atoms with Crippen LogP contribution in [0.3, 0.4) is 0 Å². The zero-order chi connectivity index (χ0) is 20.8. The lowest BCUT2D eigenvalue weighted by Gasteiger charge is -2.06. The zero-order valence-electron chi connectivity index (χ0n) is 17.4. The number of aliphatic hydroxyl groups is 1. The molecule has 0 aliphatic carbocycles. The third kappa shape index (κ3) is 38.1. The Bertz CT molecular complexity index is 321. The Balaban J connectivity index is 0. The zero-order valence-corrected chi connectivity index (χ0v) is 19.9. The van der Waals surface area contributed by atoms with Crippen molar-refractivity contribution in [2.45, 2.75) is 116 Å². The Hall–Kier alpha value is 0.770. The summed E-state index contributed by atoms with van der Waals surface area (Å²) in [4.78, 5) is 21.6. The van der Waals surface area contributed by atoms with E-state index in [1.54, 1.807) is 10.8 Å². The fraction of sp³-hybridized carbons (Fsp3) is 1.00. The van der Waals surface area contributed by atoms with E-state index in [9.17, 15) is 5.11 Å². The Labute approximate surface area is 175 Å². The second-order valence-electron chi connectivity index (χ2n) is 6.89. The first-order valence-corrected chi connectivity index (χ1v) is 14.5. The van der Waals surface area contributed by atoms with Crippen molar-refractivity contribution in [3.05, 3.63) is 0 Å². The summed E-state index contributed by atoms with van der Waals surface area (Å²) in [6, 6.07) is 0. The summed E-state index contributed by atoms with van der Waals surface area (Å²) in [5.41, 5.74) is -0.170. The molecule has 0 saturated carbocycles. The van der Waals surface area contributed by atoms with Crippen LogP contribution in [0.4, 0.5) is 0 Å². The normalized spacial score (nSPS) is 12.5. The number of aliphatic hydroxyl groups excluding tert-OH is 1. The van der Waals surface area contributed by atoms with Crippen molar-refractivity contribution in [1.29, 1.82) is 0 Å². The highest BCUT2D eigenvalue weighted by molar-refractivity contribution is 8.76. The SMILES string of the molecule is CCCCCCCCCCCCCCCCSSC(O)CC.O=P(O)(O)O. The maximum absolute atomic E-state index is 9.42. The van der Waals surface area contributed by atoms with Crippen LogP contribution in [0.1, 0.15) is 110 Å². The van der Waals surface area contributed by atoms with E-state index in [4.69, 9.17) is 19.2 Å². The van der Waals surface area contributed by atoms with Gasteiger partial charge in [0.1, 0.15) is 5.44 Å². The van der Waals surface area contributed by atoms with E-state index in [1.807, 2.05) is 17.7 Å². The summed E-state index contributed by atoms with van der Waals surface area (Å²) < 4.78 is 8.88. The molecule has 0 aliphatic heterocycles. The first-order valence-electron chi connectivity index (χ1n) is 10.6. The van der Waals surface area contributed by atoms with E-state index in [1.165, 1.54) is 95.6 Å². The molecule has 4 N–H and O–H groups in total. The minimum atomic E-state index is -4.64. The first kappa shape index (κ1) is 30.0. The van der Waals surface area contributed by atoms with Gasteiger partial charge in [-0.3, -0.25) is 0 Å². The van der Waals surface area contributed by atoms with E-state index in [0.29, 0.717) is 0 Å². The molecule has 0 rings (SSSR count). The van der Waals surface area contributed by atoms with E-state index in [-0.39, 0.29) is 5.44 Å². The predicted molar refractivity (Wildman–Crippen MR) is 121 cm³/mol.